The first-order chi connectivity index (χ1) is 20.5. The topological polar surface area (TPSA) is 87.0 Å². The van der Waals surface area contributed by atoms with E-state index in [1.165, 1.54) is 19.3 Å². The lowest BCUT2D eigenvalue weighted by Gasteiger charge is -2.69. The van der Waals surface area contributed by atoms with Gasteiger partial charge in [-0.3, -0.25) is 14.4 Å². The summed E-state index contributed by atoms with van der Waals surface area (Å²) >= 11 is 0. The molecule has 1 amide bonds. The summed E-state index contributed by atoms with van der Waals surface area (Å²) < 4.78 is 0. The molecule has 1 unspecified atom stereocenters. The molecule has 44 heavy (non-hydrogen) atoms. The number of fused-ring (bicyclic) bond motifs is 7. The van der Waals surface area contributed by atoms with Gasteiger partial charge in [0.25, 0.3) is 0 Å². The average molecular weight is 601 g/mol. The van der Waals surface area contributed by atoms with E-state index in [1.54, 1.807) is 0 Å². The molecule has 4 saturated carbocycles. The van der Waals surface area contributed by atoms with E-state index < -0.39 is 10.8 Å². The van der Waals surface area contributed by atoms with Crippen LogP contribution in [0, 0.1) is 61.6 Å². The second kappa shape index (κ2) is 10.4. The van der Waals surface area contributed by atoms with Gasteiger partial charge >= 0.3 is 0 Å². The van der Waals surface area contributed by atoms with Crippen molar-refractivity contribution in [2.24, 2.45) is 50.2 Å². The Morgan fingerprint density at radius 3 is 2.30 bits per heavy atom. The molecule has 6 rings (SSSR count). The van der Waals surface area contributed by atoms with Gasteiger partial charge in [-0.15, -0.1) is 0 Å². The van der Waals surface area contributed by atoms with Crippen LogP contribution in [0.25, 0.3) is 0 Å². The van der Waals surface area contributed by atoms with Gasteiger partial charge in [0.05, 0.1) is 5.57 Å². The number of Topliss-reactive ketones (excluding diaryl/α,β-unsaturated/α-hetero) is 1. The summed E-state index contributed by atoms with van der Waals surface area (Å²) in [5.41, 5.74) is 0.0479. The van der Waals surface area contributed by atoms with Crippen LogP contribution >= 0.6 is 0 Å². The highest BCUT2D eigenvalue weighted by Crippen LogP contribution is 2.75. The van der Waals surface area contributed by atoms with Crippen molar-refractivity contribution in [3.8, 4) is 6.07 Å². The first-order valence-electron chi connectivity index (χ1n) is 17.8. The first-order valence-corrected chi connectivity index (χ1v) is 17.8. The Hall–Kier alpha value is -2.22. The van der Waals surface area contributed by atoms with E-state index in [0.29, 0.717) is 12.5 Å². The molecule has 0 radical (unpaired) electrons. The summed E-state index contributed by atoms with van der Waals surface area (Å²) in [5, 5.41) is 13.3. The molecule has 240 valence electrons. The third-order valence-corrected chi connectivity index (χ3v) is 14.9. The van der Waals surface area contributed by atoms with Crippen LogP contribution in [0.3, 0.4) is 0 Å². The molecule has 6 aliphatic carbocycles. The van der Waals surface area contributed by atoms with Crippen molar-refractivity contribution < 1.29 is 14.4 Å². The zero-order valence-corrected chi connectivity index (χ0v) is 28.5. The zero-order chi connectivity index (χ0) is 31.9. The fourth-order valence-corrected chi connectivity index (χ4v) is 12.1. The van der Waals surface area contributed by atoms with Crippen LogP contribution in [-0.4, -0.2) is 23.5 Å². The molecule has 0 bridgehead atoms. The molecule has 0 aliphatic heterocycles. The fourth-order valence-electron chi connectivity index (χ4n) is 12.1. The minimum atomic E-state index is -0.648. The Morgan fingerprint density at radius 2 is 1.61 bits per heavy atom. The van der Waals surface area contributed by atoms with Crippen molar-refractivity contribution in [3.63, 3.8) is 0 Å². The van der Waals surface area contributed by atoms with Crippen LogP contribution in [0.15, 0.2) is 23.3 Å². The predicted molar refractivity (Wildman–Crippen MR) is 173 cm³/mol. The van der Waals surface area contributed by atoms with Crippen LogP contribution in [0.5, 0.6) is 0 Å². The van der Waals surface area contributed by atoms with E-state index in [2.05, 4.69) is 46.0 Å². The van der Waals surface area contributed by atoms with Crippen LogP contribution in [0.4, 0.5) is 0 Å². The summed E-state index contributed by atoms with van der Waals surface area (Å²) in [6.07, 6.45) is 18.5. The van der Waals surface area contributed by atoms with Gasteiger partial charge in [0.15, 0.2) is 11.6 Å². The standard InChI is InChI=1S/C39H56N2O3/c1-34(2)17-19-39(16-14-31(43)41-26-11-9-8-10-12-26)20-18-38(7)32(27(39)23-34)28(42)21-30-36(5)22-25(24-40)33(44)35(3,4)29(36)13-15-37(30,38)6/h21-22,26-27,29,32H,8-20,23H2,1-7H3,(H,41,43)/t27-,29+,32?,36+,37-,38-,39-/m1/s1. The van der Waals surface area contributed by atoms with E-state index in [-0.39, 0.29) is 62.5 Å². The number of hydrogen-bond acceptors (Lipinski definition) is 4. The molecule has 0 aromatic rings. The van der Waals surface area contributed by atoms with E-state index >= 15 is 0 Å². The summed E-state index contributed by atoms with van der Waals surface area (Å²) in [6, 6.07) is 2.55. The third-order valence-electron chi connectivity index (χ3n) is 14.9. The van der Waals surface area contributed by atoms with Crippen molar-refractivity contribution in [2.45, 2.75) is 144 Å². The average Bonchev–Trinajstić information content (AvgIpc) is 2.96. The Labute approximate surface area is 266 Å². The largest absolute Gasteiger partial charge is 0.353 e. The zero-order valence-electron chi connectivity index (χ0n) is 28.5. The highest BCUT2D eigenvalue weighted by molar-refractivity contribution is 6.04. The number of carbonyl (C=O) groups is 3. The van der Waals surface area contributed by atoms with Crippen LogP contribution in [-0.2, 0) is 14.4 Å². The molecule has 6 aliphatic rings. The van der Waals surface area contributed by atoms with Gasteiger partial charge in [0.2, 0.25) is 5.91 Å². The number of rotatable bonds is 4. The number of amides is 1. The molecule has 0 saturated heterocycles. The third kappa shape index (κ3) is 4.54. The van der Waals surface area contributed by atoms with Crippen LogP contribution < -0.4 is 5.32 Å². The Kier molecular flexibility index (Phi) is 7.50. The lowest BCUT2D eigenvalue weighted by atomic mass is 9.34. The van der Waals surface area contributed by atoms with E-state index in [4.69, 9.17) is 0 Å². The molecule has 4 fully saturated rings. The lowest BCUT2D eigenvalue weighted by Crippen LogP contribution is -2.64. The minimum absolute atomic E-state index is 0.0230. The molecule has 0 aromatic heterocycles. The summed E-state index contributed by atoms with van der Waals surface area (Å²) in [4.78, 5) is 41.3. The van der Waals surface area contributed by atoms with Gasteiger partial charge in [-0.2, -0.15) is 5.26 Å². The van der Waals surface area contributed by atoms with Gasteiger partial charge in [-0.05, 0) is 104 Å². The smallest absolute Gasteiger partial charge is 0.220 e. The molecular formula is C39H56N2O3. The van der Waals surface area contributed by atoms with Gasteiger partial charge < -0.3 is 5.32 Å². The molecule has 5 nitrogen and oxygen atoms in total. The first kappa shape index (κ1) is 31.7. The lowest BCUT2D eigenvalue weighted by molar-refractivity contribution is -0.173. The van der Waals surface area contributed by atoms with E-state index in [9.17, 15) is 19.6 Å². The number of hydrogen-bond donors (Lipinski definition) is 1. The van der Waals surface area contributed by atoms with Crippen molar-refractivity contribution in [2.75, 3.05) is 0 Å². The van der Waals surface area contributed by atoms with Crippen molar-refractivity contribution in [1.29, 1.82) is 5.26 Å². The number of allylic oxidation sites excluding steroid dienone is 4. The maximum atomic E-state index is 14.7. The number of ketones is 2. The SMILES string of the molecule is CC1(C)CC[C@]2(CCC(=O)NC3CCCCC3)CC[C@]3(C)C(C(=O)C=C4[C@@]5(C)C=C(C#N)C(=O)C(C)(C)[C@@H]5CC[C@]43C)[C@H]2C1. The molecule has 0 spiro atoms. The normalized spacial score (nSPS) is 42.8. The molecule has 5 heteroatoms. The Bertz CT molecular complexity index is 1360. The highest BCUT2D eigenvalue weighted by Gasteiger charge is 2.69. The molecule has 0 aromatic carbocycles. The summed E-state index contributed by atoms with van der Waals surface area (Å²) in [6.45, 7) is 15.8. The Balaban J connectivity index is 1.36. The maximum Gasteiger partial charge on any atom is 0.220 e. The molecule has 1 N–H and O–H groups in total. The van der Waals surface area contributed by atoms with Gasteiger partial charge in [0, 0.05) is 29.2 Å². The summed E-state index contributed by atoms with van der Waals surface area (Å²) in [7, 11) is 0. The minimum Gasteiger partial charge on any atom is -0.353 e. The van der Waals surface area contributed by atoms with Gasteiger partial charge in [-0.1, -0.05) is 79.4 Å². The summed E-state index contributed by atoms with van der Waals surface area (Å²) in [5.74, 6) is 0.650. The van der Waals surface area contributed by atoms with Gasteiger partial charge in [0.1, 0.15) is 6.07 Å². The number of nitriles is 1. The van der Waals surface area contributed by atoms with Gasteiger partial charge in [-0.25, -0.2) is 0 Å². The van der Waals surface area contributed by atoms with Crippen molar-refractivity contribution in [3.05, 3.63) is 23.3 Å². The van der Waals surface area contributed by atoms with E-state index in [1.807, 2.05) is 26.0 Å². The quantitative estimate of drug-likeness (QED) is 0.351. The van der Waals surface area contributed by atoms with E-state index in [0.717, 1.165) is 69.8 Å². The highest BCUT2D eigenvalue weighted by atomic mass is 16.2. The monoisotopic (exact) mass is 600 g/mol. The second-order valence-corrected chi connectivity index (χ2v) is 18.0. The number of nitrogens with one attached hydrogen (secondary N) is 1. The fraction of sp³-hybridized carbons (Fsp3) is 0.795. The second-order valence-electron chi connectivity index (χ2n) is 18.0. The Morgan fingerprint density at radius 1 is 0.932 bits per heavy atom. The predicted octanol–water partition coefficient (Wildman–Crippen LogP) is 8.44. The number of nitrogens with zero attached hydrogens (tertiary/aromatic N) is 1. The molecular weight excluding hydrogens is 544 g/mol. The van der Waals surface area contributed by atoms with Crippen molar-refractivity contribution >= 4 is 17.5 Å². The van der Waals surface area contributed by atoms with Crippen molar-refractivity contribution in [1.82, 2.24) is 5.32 Å². The number of carbonyl (C=O) groups excluding carboxylic acids is 3. The molecule has 7 atom stereocenters. The molecule has 0 heterocycles. The maximum absolute atomic E-state index is 14.7. The van der Waals surface area contributed by atoms with Crippen LogP contribution in [0.2, 0.25) is 0 Å². The van der Waals surface area contributed by atoms with Crippen LogP contribution in [0.1, 0.15) is 138 Å².